The molecule has 1 spiro atoms. The lowest BCUT2D eigenvalue weighted by Crippen LogP contribution is -2.54. The zero-order chi connectivity index (χ0) is 72.9. The number of ketones is 2. The normalized spacial score (nSPS) is 19.3. The molecule has 6 atom stereocenters. The van der Waals surface area contributed by atoms with Gasteiger partial charge in [-0.2, -0.15) is 0 Å². The van der Waals surface area contributed by atoms with Crippen LogP contribution in [0.15, 0.2) is 128 Å². The second-order valence-corrected chi connectivity index (χ2v) is 28.8. The van der Waals surface area contributed by atoms with E-state index in [1.54, 1.807) is 59.4 Å². The molecule has 540 valence electrons. The molecule has 7 amide bonds. The standard InChI is InChI=1S/C83H89N7O14/c1-6-52(3)77(85-78(96)67-17-11-36-86(67)76(95)46-84-74(93)32-30-63(91)31-33-75(94)88-47-60-15-8-7-13-56(60)26-27-58-14-9-10-16-66(58)88)70(92)40-54-20-22-55(23-21-54)49-104-82(100)90-68-44-71(53(4)39-65(68)80(98)89-50-83(34-35-83)45-69(89)81(90)99)102-37-12-38-103-73-42-59-28-29-62-41-61(57-24-18-51(2)19-25-57)48-87(62)79(97)64(59)43-72(73)101-5/h7-10,13-16,18-25,39,42-44,48,52,62,67,69,77,81,99H,6,11-12,17,28-38,40-41,45-47,49-50H2,1-5H3,(H,84,93)(H,85,96)/t52-,62+,67+,69-,77-,81?/m0/s1. The smallest absolute Gasteiger partial charge is 0.416 e. The fourth-order valence-corrected chi connectivity index (χ4v) is 15.2. The number of nitrogens with zero attached hydrogens (tertiary/aromatic N) is 5. The van der Waals surface area contributed by atoms with Gasteiger partial charge in [-0.1, -0.05) is 117 Å². The molecule has 21 heteroatoms. The molecule has 6 aliphatic heterocycles. The van der Waals surface area contributed by atoms with Gasteiger partial charge in [-0.25, -0.2) is 9.69 Å². The highest BCUT2D eigenvalue weighted by Gasteiger charge is 2.58. The first kappa shape index (κ1) is 71.8. The first-order valence-corrected chi connectivity index (χ1v) is 36.4. The number of para-hydroxylation sites is 1. The minimum atomic E-state index is -1.44. The van der Waals surface area contributed by atoms with Gasteiger partial charge in [0.05, 0.1) is 62.4 Å². The number of fused-ring (bicyclic) bond motifs is 6. The van der Waals surface area contributed by atoms with Crippen LogP contribution in [0.25, 0.3) is 5.57 Å². The van der Waals surface area contributed by atoms with Crippen molar-refractivity contribution in [3.05, 3.63) is 189 Å². The zero-order valence-electron chi connectivity index (χ0n) is 59.6. The SMILES string of the molecule is CC[C@H](C)[C@H](NC(=O)[C@H]1CCCN1C(=O)CNC(=O)CCC(=O)CCC(=O)N1Cc2ccccc2C#Cc2ccccc21)C(=O)Cc1ccc(COC(=O)N2c3cc(OCCCOc4cc5c(cc4OC)C(=O)N4C=C(c6ccc(C)cc6)C[C@H]4CC5)c(C)cc3C(=O)N3CC4(CC4)C[C@H]3C2O)cc1. The maximum Gasteiger partial charge on any atom is 0.416 e. The van der Waals surface area contributed by atoms with Gasteiger partial charge in [-0.15, -0.1) is 0 Å². The van der Waals surface area contributed by atoms with Gasteiger partial charge in [0.1, 0.15) is 24.2 Å². The van der Waals surface area contributed by atoms with Crippen molar-refractivity contribution < 1.29 is 67.2 Å². The number of hydrogen-bond donors (Lipinski definition) is 3. The molecule has 1 saturated carbocycles. The van der Waals surface area contributed by atoms with E-state index in [4.69, 9.17) is 18.9 Å². The molecule has 104 heavy (non-hydrogen) atoms. The van der Waals surface area contributed by atoms with Gasteiger partial charge in [0.25, 0.3) is 11.8 Å². The topological polar surface area (TPSA) is 251 Å². The molecule has 6 aromatic carbocycles. The quantitative estimate of drug-likeness (QED) is 0.0356. The van der Waals surface area contributed by atoms with Crippen molar-refractivity contribution >= 4 is 70.1 Å². The highest BCUT2D eigenvalue weighted by molar-refractivity contribution is 6.06. The summed E-state index contributed by atoms with van der Waals surface area (Å²) in [6.07, 6.45) is 5.76. The number of methoxy groups -OCH3 is 1. The Kier molecular flexibility index (Phi) is 21.5. The number of benzene rings is 6. The van der Waals surface area contributed by atoms with Crippen LogP contribution < -0.4 is 34.6 Å². The number of carbonyl (C=O) groups excluding carboxylic acids is 9. The summed E-state index contributed by atoms with van der Waals surface area (Å²) in [6, 6.07) is 35.0. The van der Waals surface area contributed by atoms with Gasteiger partial charge < -0.3 is 54.3 Å². The van der Waals surface area contributed by atoms with E-state index in [2.05, 4.69) is 53.7 Å². The van der Waals surface area contributed by atoms with E-state index < -0.39 is 54.7 Å². The summed E-state index contributed by atoms with van der Waals surface area (Å²) in [5.41, 5.74) is 10.2. The lowest BCUT2D eigenvalue weighted by atomic mass is 9.91. The molecule has 3 N–H and O–H groups in total. The maximum absolute atomic E-state index is 14.5. The van der Waals surface area contributed by atoms with Gasteiger partial charge in [0, 0.05) is 86.6 Å². The number of Topliss-reactive ketones (excluding diaryl/α,β-unsaturated/α-hetero) is 2. The van der Waals surface area contributed by atoms with Crippen molar-refractivity contribution in [2.45, 2.75) is 168 Å². The molecule has 0 aromatic heterocycles. The number of rotatable bonds is 25. The summed E-state index contributed by atoms with van der Waals surface area (Å²) in [6.45, 7) is 8.57. The van der Waals surface area contributed by atoms with Gasteiger partial charge >= 0.3 is 6.09 Å². The molecule has 6 aromatic rings. The Balaban J connectivity index is 0.584. The summed E-state index contributed by atoms with van der Waals surface area (Å²) in [5.74, 6) is 4.88. The number of aliphatic hydroxyl groups excluding tert-OH is 1. The zero-order valence-corrected chi connectivity index (χ0v) is 59.6. The molecule has 2 saturated heterocycles. The van der Waals surface area contributed by atoms with E-state index in [0.29, 0.717) is 102 Å². The minimum Gasteiger partial charge on any atom is -0.493 e. The number of ether oxygens (including phenoxy) is 4. The van der Waals surface area contributed by atoms with Gasteiger partial charge in [-0.05, 0) is 152 Å². The van der Waals surface area contributed by atoms with Crippen LogP contribution >= 0.6 is 0 Å². The van der Waals surface area contributed by atoms with Crippen molar-refractivity contribution in [1.82, 2.24) is 25.3 Å². The highest BCUT2D eigenvalue weighted by Crippen LogP contribution is 2.57. The second-order valence-electron chi connectivity index (χ2n) is 28.8. The average Bonchev–Trinajstić information content (AvgIpc) is 1.56. The van der Waals surface area contributed by atoms with E-state index in [-0.39, 0.29) is 116 Å². The Bertz CT molecular complexity index is 4460. The molecule has 1 unspecified atom stereocenters. The minimum absolute atomic E-state index is 0.0345. The Morgan fingerprint density at radius 2 is 1.46 bits per heavy atom. The first-order valence-electron chi connectivity index (χ1n) is 36.4. The summed E-state index contributed by atoms with van der Waals surface area (Å²) < 4.78 is 24.4. The summed E-state index contributed by atoms with van der Waals surface area (Å²) >= 11 is 0. The van der Waals surface area contributed by atoms with E-state index in [9.17, 15) is 48.3 Å². The number of anilines is 2. The van der Waals surface area contributed by atoms with Crippen molar-refractivity contribution in [3.8, 4) is 29.1 Å². The molecule has 0 bridgehead atoms. The third kappa shape index (κ3) is 15.7. The number of aliphatic hydroxyl groups is 1. The predicted octanol–water partition coefficient (Wildman–Crippen LogP) is 10.7. The van der Waals surface area contributed by atoms with Crippen LogP contribution in [-0.2, 0) is 59.5 Å². The van der Waals surface area contributed by atoms with E-state index in [1.165, 1.54) is 10.5 Å². The van der Waals surface area contributed by atoms with Crippen LogP contribution in [0.1, 0.15) is 168 Å². The highest BCUT2D eigenvalue weighted by atomic mass is 16.6. The van der Waals surface area contributed by atoms with Crippen LogP contribution in [0, 0.1) is 37.0 Å². The largest absolute Gasteiger partial charge is 0.493 e. The second kappa shape index (κ2) is 31.2. The number of nitrogens with one attached hydrogen (secondary N) is 2. The third-order valence-corrected chi connectivity index (χ3v) is 21.7. The summed E-state index contributed by atoms with van der Waals surface area (Å²) in [5, 5.41) is 17.8. The number of hydrogen-bond acceptors (Lipinski definition) is 14. The monoisotopic (exact) mass is 1410 g/mol. The molecular weight excluding hydrogens is 1320 g/mol. The lowest BCUT2D eigenvalue weighted by Gasteiger charge is -2.31. The molecule has 21 nitrogen and oxygen atoms in total. The fraction of sp³-hybridized carbons (Fsp3) is 0.410. The molecule has 13 rings (SSSR count). The van der Waals surface area contributed by atoms with Crippen LogP contribution in [0.5, 0.6) is 17.2 Å². The number of carbonyl (C=O) groups is 9. The molecular formula is C83H89N7O14. The lowest BCUT2D eigenvalue weighted by molar-refractivity contribution is -0.139. The molecule has 6 heterocycles. The van der Waals surface area contributed by atoms with Crippen molar-refractivity contribution in [2.75, 3.05) is 49.8 Å². The van der Waals surface area contributed by atoms with Crippen molar-refractivity contribution in [2.24, 2.45) is 11.3 Å². The number of likely N-dealkylation sites (tertiary alicyclic amines) is 1. The van der Waals surface area contributed by atoms with Crippen LogP contribution in [0.4, 0.5) is 16.2 Å². The van der Waals surface area contributed by atoms with E-state index in [0.717, 1.165) is 58.4 Å². The fourth-order valence-electron chi connectivity index (χ4n) is 15.2. The number of aryl methyl sites for hydroxylation is 3. The maximum atomic E-state index is 14.5. The average molecular weight is 1410 g/mol. The van der Waals surface area contributed by atoms with Crippen LogP contribution in [-0.4, -0.2) is 143 Å². The van der Waals surface area contributed by atoms with Crippen molar-refractivity contribution in [1.29, 1.82) is 0 Å². The van der Waals surface area contributed by atoms with Gasteiger partial charge in [-0.3, -0.25) is 38.4 Å². The molecule has 1 aliphatic carbocycles. The molecule has 7 aliphatic rings. The first-order chi connectivity index (χ1) is 50.2. The Morgan fingerprint density at radius 3 is 2.22 bits per heavy atom. The van der Waals surface area contributed by atoms with Crippen molar-refractivity contribution in [3.63, 3.8) is 0 Å². The Labute approximate surface area is 606 Å². The van der Waals surface area contributed by atoms with E-state index >= 15 is 0 Å². The number of amides is 7. The van der Waals surface area contributed by atoms with E-state index in [1.807, 2.05) is 86.5 Å². The summed E-state index contributed by atoms with van der Waals surface area (Å²) in [4.78, 5) is 132. The summed E-state index contributed by atoms with van der Waals surface area (Å²) in [7, 11) is 1.55. The predicted molar refractivity (Wildman–Crippen MR) is 389 cm³/mol. The molecule has 3 fully saturated rings. The molecule has 0 radical (unpaired) electrons. The third-order valence-electron chi connectivity index (χ3n) is 21.7. The van der Waals surface area contributed by atoms with Crippen LogP contribution in [0.3, 0.4) is 0 Å². The Morgan fingerprint density at radius 1 is 0.740 bits per heavy atom. The van der Waals surface area contributed by atoms with Gasteiger partial charge in [0.2, 0.25) is 23.6 Å². The van der Waals surface area contributed by atoms with Crippen LogP contribution in [0.2, 0.25) is 0 Å². The van der Waals surface area contributed by atoms with Gasteiger partial charge in [0.15, 0.2) is 23.5 Å². The Hall–Kier alpha value is -10.6.